The number of hydrogen-bond acceptors (Lipinski definition) is 12. The van der Waals surface area contributed by atoms with Crippen molar-refractivity contribution in [3.63, 3.8) is 0 Å². The van der Waals surface area contributed by atoms with Crippen LogP contribution in [0.3, 0.4) is 0 Å². The molecule has 0 radical (unpaired) electrons. The molecule has 6 bridgehead atoms. The molecule has 342 valence electrons. The van der Waals surface area contributed by atoms with Crippen molar-refractivity contribution in [3.8, 4) is 0 Å². The number of rotatable bonds is 2. The van der Waals surface area contributed by atoms with Crippen LogP contribution in [-0.4, -0.2) is 67.9 Å². The van der Waals surface area contributed by atoms with Gasteiger partial charge in [-0.25, -0.2) is 9.97 Å². The van der Waals surface area contributed by atoms with Gasteiger partial charge in [0.15, 0.2) is 0 Å². The molecule has 3 fully saturated rings. The highest BCUT2D eigenvalue weighted by atomic mass is 127. The molecule has 1 aromatic carbocycles. The van der Waals surface area contributed by atoms with E-state index in [1.807, 2.05) is 3.01 Å². The molecule has 10 rings (SSSR count). The van der Waals surface area contributed by atoms with Crippen molar-refractivity contribution in [3.05, 3.63) is 55.9 Å². The molecule has 6 aliphatic rings. The average Bonchev–Trinajstić information content (AvgIpc) is 3.92. The van der Waals surface area contributed by atoms with E-state index in [2.05, 4.69) is 160 Å². The Morgan fingerprint density at radius 1 is 0.492 bits per heavy atom. The quantitative estimate of drug-likeness (QED) is 0.179. The highest BCUT2D eigenvalue weighted by molar-refractivity contribution is 14.1. The predicted octanol–water partition coefficient (Wildman–Crippen LogP) is 15.7. The van der Waals surface area contributed by atoms with E-state index < -0.39 is 0 Å². The van der Waals surface area contributed by atoms with Gasteiger partial charge in [-0.05, 0) is 105 Å². The summed E-state index contributed by atoms with van der Waals surface area (Å²) in [7, 11) is 0. The normalized spacial score (nSPS) is 33.0. The molecule has 63 heavy (non-hydrogen) atoms. The zero-order valence-electron chi connectivity index (χ0n) is 36.1. The molecule has 3 aromatic heterocycles. The van der Waals surface area contributed by atoms with E-state index in [9.17, 15) is 0 Å². The van der Waals surface area contributed by atoms with Crippen LogP contribution >= 0.6 is 139 Å². The largest absolute Gasteiger partial charge is 0.248 e. The van der Waals surface area contributed by atoms with Crippen molar-refractivity contribution in [1.82, 2.24) is 36.4 Å². The van der Waals surface area contributed by atoms with Crippen molar-refractivity contribution in [2.75, 3.05) is 0 Å². The van der Waals surface area contributed by atoms with Crippen LogP contribution in [-0.2, 0) is 11.5 Å². The van der Waals surface area contributed by atoms with Crippen molar-refractivity contribution in [2.45, 2.75) is 205 Å². The first-order chi connectivity index (χ1) is 30.9. The van der Waals surface area contributed by atoms with Gasteiger partial charge in [-0.2, -0.15) is 26.4 Å². The molecule has 10 atom stereocenters. The SMILES string of the molecule is Ic1ccc2nc3c(nc2c1)C(C1SC2CCCCCCC(C2)SC(C2SC4CCCCCC(CC4)SCc4c2nnn4I)c2nn(I)nc21)SC1CCCCCCCC(C1)SC3. The fraction of sp³-hybridized carbons (Fsp3) is 0.739. The first kappa shape index (κ1) is 47.8. The fourth-order valence-corrected chi connectivity index (χ4v) is 22.7. The first-order valence-electron chi connectivity index (χ1n) is 24.0. The number of aromatic nitrogens is 8. The lowest BCUT2D eigenvalue weighted by molar-refractivity contribution is 0.517. The van der Waals surface area contributed by atoms with E-state index in [4.69, 9.17) is 30.5 Å². The third-order valence-corrected chi connectivity index (χ3v) is 25.7. The van der Waals surface area contributed by atoms with E-state index in [1.54, 1.807) is 0 Å². The maximum absolute atomic E-state index is 5.79. The van der Waals surface area contributed by atoms with Gasteiger partial charge < -0.3 is 0 Å². The van der Waals surface area contributed by atoms with Gasteiger partial charge in [-0.3, -0.25) is 0 Å². The van der Waals surface area contributed by atoms with Gasteiger partial charge in [-0.1, -0.05) is 82.3 Å². The Kier molecular flexibility index (Phi) is 17.4. The predicted molar refractivity (Wildman–Crippen MR) is 299 cm³/mol. The molecule has 3 aliphatic heterocycles. The van der Waals surface area contributed by atoms with Crippen LogP contribution in [0.25, 0.3) is 11.0 Å². The van der Waals surface area contributed by atoms with Crippen LogP contribution in [0, 0.1) is 3.57 Å². The van der Waals surface area contributed by atoms with Gasteiger partial charge in [-0.15, -0.1) is 65.4 Å². The molecular weight excluding hydrogens is 1240 g/mol. The number of fused-ring (bicyclic) bond motifs is 11. The Morgan fingerprint density at radius 3 is 1.68 bits per heavy atom. The average molecular weight is 1300 g/mol. The summed E-state index contributed by atoms with van der Waals surface area (Å²) in [6, 6.07) is 6.66. The summed E-state index contributed by atoms with van der Waals surface area (Å²) < 4.78 is 5.22. The van der Waals surface area contributed by atoms with Gasteiger partial charge in [0.25, 0.3) is 0 Å². The number of thioether (sulfide) groups is 6. The molecule has 3 saturated carbocycles. The molecule has 4 aromatic rings. The van der Waals surface area contributed by atoms with Crippen LogP contribution < -0.4 is 0 Å². The molecule has 8 nitrogen and oxygen atoms in total. The molecule has 0 amide bonds. The Morgan fingerprint density at radius 2 is 1.00 bits per heavy atom. The number of halogens is 3. The summed E-state index contributed by atoms with van der Waals surface area (Å²) in [6.45, 7) is 0. The second kappa shape index (κ2) is 22.9. The minimum absolute atomic E-state index is 0.108. The minimum atomic E-state index is 0.108. The van der Waals surface area contributed by atoms with Gasteiger partial charge in [0.1, 0.15) is 39.9 Å². The smallest absolute Gasteiger partial charge is 0.111 e. The number of hydrogen-bond donors (Lipinski definition) is 0. The minimum Gasteiger partial charge on any atom is -0.248 e. The Hall–Kier alpha value is 1.13. The molecule has 10 unspecified atom stereocenters. The second-order valence-corrected chi connectivity index (χ2v) is 30.2. The molecule has 3 aliphatic carbocycles. The Labute approximate surface area is 442 Å². The van der Waals surface area contributed by atoms with Crippen molar-refractivity contribution < 1.29 is 0 Å². The van der Waals surface area contributed by atoms with Gasteiger partial charge in [0, 0.05) is 46.6 Å². The standard InChI is InChI=1S/C46H61I3N8S6/c47-28-19-22-35-36(23-28)51-39-37(50-35)26-58-31-15-7-2-1-3-8-16-32(24-31)61-43(39)45-41-42(54-57(49)53-41)46(63-34-18-10-5-4-9-17-33(25-34)62-45)44-40-38(56(48)55-52-40)27-59-29-13-11-6-12-14-30(60-44)21-20-29/h19,22-23,29-34,43-46H,1-18,20-21,24-27H2. The van der Waals surface area contributed by atoms with E-state index in [0.29, 0.717) is 26.2 Å². The highest BCUT2D eigenvalue weighted by Crippen LogP contribution is 2.61. The maximum Gasteiger partial charge on any atom is 0.111 e. The highest BCUT2D eigenvalue weighted by Gasteiger charge is 2.46. The summed E-state index contributed by atoms with van der Waals surface area (Å²) in [5, 5.41) is 25.4. The van der Waals surface area contributed by atoms with Crippen LogP contribution in [0.15, 0.2) is 18.2 Å². The summed E-state index contributed by atoms with van der Waals surface area (Å²) in [5.41, 5.74) is 9.41. The van der Waals surface area contributed by atoms with E-state index in [-0.39, 0.29) is 21.0 Å². The second-order valence-electron chi connectivity index (χ2n) is 18.8. The number of benzene rings is 1. The van der Waals surface area contributed by atoms with E-state index >= 15 is 0 Å². The summed E-state index contributed by atoms with van der Waals surface area (Å²) >= 11 is 20.7. The molecule has 0 N–H and O–H groups in total. The van der Waals surface area contributed by atoms with Crippen LogP contribution in [0.4, 0.5) is 0 Å². The zero-order valence-corrected chi connectivity index (χ0v) is 47.5. The molecule has 0 spiro atoms. The Balaban J connectivity index is 1.14. The summed E-state index contributed by atoms with van der Waals surface area (Å²) in [6.07, 6.45) is 29.1. The van der Waals surface area contributed by atoms with Crippen molar-refractivity contribution in [1.29, 1.82) is 0 Å². The van der Waals surface area contributed by atoms with Gasteiger partial charge in [0.2, 0.25) is 0 Å². The molecule has 6 heterocycles. The lowest BCUT2D eigenvalue weighted by Gasteiger charge is -2.33. The lowest BCUT2D eigenvalue weighted by atomic mass is 10.0. The fourth-order valence-electron chi connectivity index (χ4n) is 10.9. The zero-order chi connectivity index (χ0) is 42.7. The monoisotopic (exact) mass is 1300 g/mol. The third kappa shape index (κ3) is 11.8. The van der Waals surface area contributed by atoms with Crippen molar-refractivity contribution in [2.24, 2.45) is 0 Å². The topological polar surface area (TPSA) is 87.2 Å². The van der Waals surface area contributed by atoms with E-state index in [1.165, 1.54) is 179 Å². The van der Waals surface area contributed by atoms with Crippen LogP contribution in [0.1, 0.15) is 196 Å². The van der Waals surface area contributed by atoms with Gasteiger partial charge in [0.05, 0.1) is 72.0 Å². The first-order valence-corrected chi connectivity index (χ1v) is 32.8. The molecule has 0 saturated heterocycles. The van der Waals surface area contributed by atoms with Crippen LogP contribution in [0.5, 0.6) is 0 Å². The third-order valence-electron chi connectivity index (χ3n) is 14.3. The van der Waals surface area contributed by atoms with Crippen LogP contribution in [0.2, 0.25) is 0 Å². The Bertz CT molecular complexity index is 2160. The van der Waals surface area contributed by atoms with E-state index in [0.717, 1.165) is 27.8 Å². The van der Waals surface area contributed by atoms with Crippen molar-refractivity contribution >= 4 is 150 Å². The number of nitrogens with zero attached hydrogens (tertiary/aromatic N) is 8. The summed E-state index contributed by atoms with van der Waals surface area (Å²) in [4.78, 5) is 11.4. The molecule has 17 heteroatoms. The van der Waals surface area contributed by atoms with Gasteiger partial charge >= 0.3 is 0 Å². The molecular formula is C46H61I3N8S6. The lowest BCUT2D eigenvalue weighted by Crippen LogP contribution is -2.20. The summed E-state index contributed by atoms with van der Waals surface area (Å²) in [5.74, 6) is 1.91. The maximum atomic E-state index is 5.79.